The quantitative estimate of drug-likeness (QED) is 0.154. The first-order valence-corrected chi connectivity index (χ1v) is 16.9. The maximum absolute atomic E-state index is 2.39. The van der Waals surface area contributed by atoms with Gasteiger partial charge in [-0.15, -0.1) is 0 Å². The zero-order chi connectivity index (χ0) is 33.6. The lowest BCUT2D eigenvalue weighted by molar-refractivity contribution is 0.321. The Morgan fingerprint density at radius 3 is 1.69 bits per heavy atom. The standard InChI is InChI=1S/C45H62/c1-34(2)25-29-41-30-28-40(8)43(45(41,11)12)32-27-38(6)23-16-21-36(4)19-14-13-18-35(3)20-15-22-37(5)26-31-42-39(7)24-17-33-44(42,9)10/h13-16,18-23,25-28,30-32,41H,17,24,29,33H2,1-12H3/b14-13+,20-15+,21-16+,31-26+,32-27+,35-18+,36-19+,37-22+,38-23+. The molecule has 0 aliphatic heterocycles. The molecule has 0 heterocycles. The van der Waals surface area contributed by atoms with Gasteiger partial charge in [0.2, 0.25) is 0 Å². The molecule has 1 atom stereocenters. The van der Waals surface area contributed by atoms with E-state index in [0.717, 1.165) is 6.42 Å². The Morgan fingerprint density at radius 1 is 0.689 bits per heavy atom. The molecule has 0 fully saturated rings. The predicted molar refractivity (Wildman–Crippen MR) is 204 cm³/mol. The van der Waals surface area contributed by atoms with Crippen LogP contribution < -0.4 is 0 Å². The van der Waals surface area contributed by atoms with Gasteiger partial charge < -0.3 is 0 Å². The van der Waals surface area contributed by atoms with E-state index >= 15 is 0 Å². The molecule has 0 aromatic carbocycles. The van der Waals surface area contributed by atoms with Crippen molar-refractivity contribution in [3.8, 4) is 0 Å². The molecule has 2 rings (SSSR count). The van der Waals surface area contributed by atoms with Gasteiger partial charge in [-0.2, -0.15) is 0 Å². The van der Waals surface area contributed by atoms with Gasteiger partial charge in [-0.25, -0.2) is 0 Å². The minimum Gasteiger partial charge on any atom is -0.0853 e. The summed E-state index contributed by atoms with van der Waals surface area (Å²) in [4.78, 5) is 0. The number of hydrogen-bond acceptors (Lipinski definition) is 0. The Balaban J connectivity index is 1.93. The molecule has 0 bridgehead atoms. The van der Waals surface area contributed by atoms with Gasteiger partial charge in [0.25, 0.3) is 0 Å². The number of allylic oxidation sites excluding steroid dienone is 26. The zero-order valence-corrected chi connectivity index (χ0v) is 30.7. The summed E-state index contributed by atoms with van der Waals surface area (Å²) in [6.07, 6.45) is 42.7. The average molecular weight is 603 g/mol. The normalized spacial score (nSPS) is 22.0. The second-order valence-corrected chi connectivity index (χ2v) is 14.6. The van der Waals surface area contributed by atoms with Crippen molar-refractivity contribution in [1.29, 1.82) is 0 Å². The average Bonchev–Trinajstić information content (AvgIpc) is 2.93. The van der Waals surface area contributed by atoms with Gasteiger partial charge in [0.15, 0.2) is 0 Å². The van der Waals surface area contributed by atoms with E-state index in [2.05, 4.69) is 186 Å². The van der Waals surface area contributed by atoms with Crippen molar-refractivity contribution in [3.05, 3.63) is 153 Å². The van der Waals surface area contributed by atoms with E-state index in [0.29, 0.717) is 5.92 Å². The first kappa shape index (κ1) is 37.8. The van der Waals surface area contributed by atoms with E-state index in [9.17, 15) is 0 Å². The summed E-state index contributed by atoms with van der Waals surface area (Å²) in [6.45, 7) is 27.0. The maximum Gasteiger partial charge on any atom is -0.00351 e. The minimum absolute atomic E-state index is 0.113. The fraction of sp³-hybridized carbons (Fsp3) is 0.422. The zero-order valence-electron chi connectivity index (χ0n) is 30.7. The predicted octanol–water partition coefficient (Wildman–Crippen LogP) is 14.0. The molecule has 2 aliphatic carbocycles. The van der Waals surface area contributed by atoms with Crippen molar-refractivity contribution in [2.75, 3.05) is 0 Å². The van der Waals surface area contributed by atoms with Crippen LogP contribution in [0.1, 0.15) is 109 Å². The third-order valence-electron chi connectivity index (χ3n) is 9.24. The highest BCUT2D eigenvalue weighted by molar-refractivity contribution is 5.44. The van der Waals surface area contributed by atoms with Crippen LogP contribution in [-0.2, 0) is 0 Å². The Morgan fingerprint density at radius 2 is 1.18 bits per heavy atom. The summed E-state index contributed by atoms with van der Waals surface area (Å²) in [7, 11) is 0. The van der Waals surface area contributed by atoms with E-state index < -0.39 is 0 Å². The van der Waals surface area contributed by atoms with Gasteiger partial charge in [0.05, 0.1) is 0 Å². The summed E-state index contributed by atoms with van der Waals surface area (Å²) in [5.74, 6) is 0.519. The van der Waals surface area contributed by atoms with Crippen LogP contribution in [0.2, 0.25) is 0 Å². The first-order valence-electron chi connectivity index (χ1n) is 16.9. The summed E-state index contributed by atoms with van der Waals surface area (Å²) >= 11 is 0. The van der Waals surface area contributed by atoms with Gasteiger partial charge >= 0.3 is 0 Å². The van der Waals surface area contributed by atoms with Crippen LogP contribution in [0.15, 0.2) is 153 Å². The topological polar surface area (TPSA) is 0 Å². The molecule has 0 spiro atoms. The smallest absolute Gasteiger partial charge is 0.00351 e. The largest absolute Gasteiger partial charge is 0.0853 e. The van der Waals surface area contributed by atoms with E-state index in [-0.39, 0.29) is 10.8 Å². The molecule has 242 valence electrons. The lowest BCUT2D eigenvalue weighted by Gasteiger charge is -2.37. The number of hydrogen-bond donors (Lipinski definition) is 0. The van der Waals surface area contributed by atoms with Crippen LogP contribution in [0, 0.1) is 16.7 Å². The second kappa shape index (κ2) is 17.9. The Bertz CT molecular complexity index is 1430. The highest BCUT2D eigenvalue weighted by Crippen LogP contribution is 2.44. The van der Waals surface area contributed by atoms with Crippen molar-refractivity contribution in [1.82, 2.24) is 0 Å². The second-order valence-electron chi connectivity index (χ2n) is 14.6. The van der Waals surface area contributed by atoms with Gasteiger partial charge in [-0.05, 0) is 115 Å². The molecule has 0 nitrogen and oxygen atoms in total. The SMILES string of the molecule is CC(C)=CCC1C=CC(C)=C(/C=C/C(C)=C/C=C/C(C)=C/C=C/C=C(C)/C=C/C=C(C)/C=C/C2=C(C)CCCC2(C)C)C1(C)C. The van der Waals surface area contributed by atoms with E-state index in [4.69, 9.17) is 0 Å². The molecule has 0 heteroatoms. The molecule has 0 aromatic rings. The lowest BCUT2D eigenvalue weighted by Crippen LogP contribution is -2.27. The van der Waals surface area contributed by atoms with Crippen LogP contribution in [0.3, 0.4) is 0 Å². The van der Waals surface area contributed by atoms with Crippen molar-refractivity contribution in [2.45, 2.75) is 109 Å². The highest BCUT2D eigenvalue weighted by atomic mass is 14.4. The van der Waals surface area contributed by atoms with Crippen molar-refractivity contribution >= 4 is 0 Å². The molecule has 45 heavy (non-hydrogen) atoms. The summed E-state index contributed by atoms with van der Waals surface area (Å²) < 4.78 is 0. The van der Waals surface area contributed by atoms with Gasteiger partial charge in [0.1, 0.15) is 0 Å². The molecular weight excluding hydrogens is 540 g/mol. The van der Waals surface area contributed by atoms with Gasteiger partial charge in [-0.1, -0.05) is 164 Å². The first-order chi connectivity index (χ1) is 21.1. The van der Waals surface area contributed by atoms with Gasteiger partial charge in [-0.3, -0.25) is 0 Å². The lowest BCUT2D eigenvalue weighted by atomic mass is 9.67. The van der Waals surface area contributed by atoms with Crippen LogP contribution in [-0.4, -0.2) is 0 Å². The monoisotopic (exact) mass is 602 g/mol. The Labute approximate surface area is 278 Å². The van der Waals surface area contributed by atoms with Crippen LogP contribution in [0.5, 0.6) is 0 Å². The molecule has 0 aromatic heterocycles. The molecule has 0 N–H and O–H groups in total. The van der Waals surface area contributed by atoms with Crippen LogP contribution in [0.25, 0.3) is 0 Å². The fourth-order valence-electron chi connectivity index (χ4n) is 6.16. The molecule has 0 amide bonds. The van der Waals surface area contributed by atoms with E-state index in [1.807, 2.05) is 0 Å². The highest BCUT2D eigenvalue weighted by Gasteiger charge is 2.33. The van der Waals surface area contributed by atoms with E-state index in [1.54, 1.807) is 5.57 Å². The third kappa shape index (κ3) is 12.9. The fourth-order valence-corrected chi connectivity index (χ4v) is 6.16. The molecular formula is C45H62. The summed E-state index contributed by atoms with van der Waals surface area (Å²) in [5.41, 5.74) is 12.6. The molecule has 0 saturated heterocycles. The maximum atomic E-state index is 2.39. The van der Waals surface area contributed by atoms with Crippen LogP contribution in [0.4, 0.5) is 0 Å². The molecule has 1 unspecified atom stereocenters. The molecule has 0 saturated carbocycles. The summed E-state index contributed by atoms with van der Waals surface area (Å²) in [5, 5.41) is 0. The molecule has 2 aliphatic rings. The number of rotatable bonds is 12. The van der Waals surface area contributed by atoms with Gasteiger partial charge in [0, 0.05) is 0 Å². The third-order valence-corrected chi connectivity index (χ3v) is 9.24. The van der Waals surface area contributed by atoms with Crippen molar-refractivity contribution in [2.24, 2.45) is 16.7 Å². The molecule has 0 radical (unpaired) electrons. The minimum atomic E-state index is 0.113. The Hall–Kier alpha value is -3.38. The Kier molecular flexibility index (Phi) is 15.1. The van der Waals surface area contributed by atoms with Crippen molar-refractivity contribution < 1.29 is 0 Å². The summed E-state index contributed by atoms with van der Waals surface area (Å²) in [6, 6.07) is 0. The van der Waals surface area contributed by atoms with Crippen molar-refractivity contribution in [3.63, 3.8) is 0 Å². The van der Waals surface area contributed by atoms with E-state index in [1.165, 1.54) is 63.8 Å². The van der Waals surface area contributed by atoms with Crippen LogP contribution >= 0.6 is 0 Å².